The Bertz CT molecular complexity index is 384. The van der Waals surface area contributed by atoms with Crippen LogP contribution in [0, 0.1) is 6.92 Å². The summed E-state index contributed by atoms with van der Waals surface area (Å²) in [6.07, 6.45) is 0. The van der Waals surface area contributed by atoms with E-state index in [1.807, 2.05) is 25.1 Å². The Kier molecular flexibility index (Phi) is 2.61. The summed E-state index contributed by atoms with van der Waals surface area (Å²) in [6.45, 7) is 1.96. The molecule has 0 aliphatic carbocycles. The predicted molar refractivity (Wildman–Crippen MR) is 55.2 cm³/mol. The van der Waals surface area contributed by atoms with Gasteiger partial charge in [0.15, 0.2) is 0 Å². The van der Waals surface area contributed by atoms with Gasteiger partial charge in [0, 0.05) is 4.90 Å². The van der Waals surface area contributed by atoms with Gasteiger partial charge in [0.25, 0.3) is 0 Å². The molecule has 0 N–H and O–H groups in total. The molecule has 2 rings (SSSR count). The molecule has 0 bridgehead atoms. The first-order chi connectivity index (χ1) is 6.34. The van der Waals surface area contributed by atoms with Crippen LogP contribution in [0.4, 0.5) is 0 Å². The Morgan fingerprint density at radius 2 is 2.00 bits per heavy atom. The lowest BCUT2D eigenvalue weighted by molar-refractivity contribution is 1.05. The van der Waals surface area contributed by atoms with Crippen LogP contribution in [0.3, 0.4) is 0 Å². The standard InChI is InChI=1S/C9H8N2S2/c1-7-10-9(11-13-7)12-8-5-3-2-4-6-8/h2-6H,1H3. The van der Waals surface area contributed by atoms with Crippen LogP contribution in [0.2, 0.25) is 0 Å². The molecular formula is C9H8N2S2. The van der Waals surface area contributed by atoms with Gasteiger partial charge >= 0.3 is 0 Å². The Morgan fingerprint density at radius 3 is 2.62 bits per heavy atom. The fraction of sp³-hybridized carbons (Fsp3) is 0.111. The normalized spacial score (nSPS) is 10.2. The Hall–Kier alpha value is -0.870. The molecule has 2 nitrogen and oxygen atoms in total. The van der Waals surface area contributed by atoms with Gasteiger partial charge in [-0.3, -0.25) is 0 Å². The first-order valence-corrected chi connectivity index (χ1v) is 5.47. The van der Waals surface area contributed by atoms with E-state index in [1.54, 1.807) is 11.8 Å². The van der Waals surface area contributed by atoms with Crippen molar-refractivity contribution in [2.24, 2.45) is 0 Å². The Labute approximate surface area is 85.2 Å². The number of aryl methyl sites for hydroxylation is 1. The number of rotatable bonds is 2. The monoisotopic (exact) mass is 208 g/mol. The maximum absolute atomic E-state index is 4.28. The largest absolute Gasteiger partial charge is 0.214 e. The first kappa shape index (κ1) is 8.72. The molecule has 0 atom stereocenters. The summed E-state index contributed by atoms with van der Waals surface area (Å²) in [5.41, 5.74) is 0. The molecule has 0 saturated heterocycles. The highest BCUT2D eigenvalue weighted by Gasteiger charge is 2.01. The van der Waals surface area contributed by atoms with Gasteiger partial charge in [-0.2, -0.15) is 4.37 Å². The van der Waals surface area contributed by atoms with E-state index in [0.717, 1.165) is 10.2 Å². The molecule has 1 heterocycles. The van der Waals surface area contributed by atoms with Crippen LogP contribution < -0.4 is 0 Å². The Balaban J connectivity index is 2.15. The van der Waals surface area contributed by atoms with Crippen molar-refractivity contribution in [3.05, 3.63) is 35.3 Å². The van der Waals surface area contributed by atoms with Gasteiger partial charge in [-0.25, -0.2) is 4.98 Å². The lowest BCUT2D eigenvalue weighted by Gasteiger charge is -1.93. The van der Waals surface area contributed by atoms with Gasteiger partial charge in [-0.05, 0) is 42.4 Å². The van der Waals surface area contributed by atoms with E-state index >= 15 is 0 Å². The molecule has 0 fully saturated rings. The van der Waals surface area contributed by atoms with Crippen LogP contribution in [0.25, 0.3) is 0 Å². The van der Waals surface area contributed by atoms with Crippen molar-refractivity contribution in [3.63, 3.8) is 0 Å². The maximum Gasteiger partial charge on any atom is 0.205 e. The SMILES string of the molecule is Cc1nc(Sc2ccccc2)ns1. The summed E-state index contributed by atoms with van der Waals surface area (Å²) in [5, 5.41) is 1.85. The summed E-state index contributed by atoms with van der Waals surface area (Å²) in [4.78, 5) is 5.46. The second-order valence-electron chi connectivity index (χ2n) is 2.51. The molecule has 1 aromatic heterocycles. The minimum atomic E-state index is 0.841. The lowest BCUT2D eigenvalue weighted by atomic mass is 10.4. The average molecular weight is 208 g/mol. The van der Waals surface area contributed by atoms with Crippen molar-refractivity contribution in [2.75, 3.05) is 0 Å². The molecule has 13 heavy (non-hydrogen) atoms. The molecule has 0 amide bonds. The zero-order valence-corrected chi connectivity index (χ0v) is 8.73. The van der Waals surface area contributed by atoms with Crippen LogP contribution in [-0.4, -0.2) is 9.36 Å². The van der Waals surface area contributed by atoms with Gasteiger partial charge < -0.3 is 0 Å². The zero-order chi connectivity index (χ0) is 9.10. The number of nitrogens with zero attached hydrogens (tertiary/aromatic N) is 2. The summed E-state index contributed by atoms with van der Waals surface area (Å²) in [6, 6.07) is 10.1. The zero-order valence-electron chi connectivity index (χ0n) is 7.10. The van der Waals surface area contributed by atoms with Crippen molar-refractivity contribution < 1.29 is 0 Å². The van der Waals surface area contributed by atoms with Crippen molar-refractivity contribution in [1.82, 2.24) is 9.36 Å². The van der Waals surface area contributed by atoms with Gasteiger partial charge in [0.05, 0.1) is 0 Å². The fourth-order valence-corrected chi connectivity index (χ4v) is 2.30. The smallest absolute Gasteiger partial charge is 0.205 e. The van der Waals surface area contributed by atoms with Crippen molar-refractivity contribution in [1.29, 1.82) is 0 Å². The number of benzene rings is 1. The highest BCUT2D eigenvalue weighted by molar-refractivity contribution is 7.99. The van der Waals surface area contributed by atoms with Crippen LogP contribution in [0.15, 0.2) is 40.4 Å². The van der Waals surface area contributed by atoms with E-state index in [-0.39, 0.29) is 0 Å². The molecular weight excluding hydrogens is 200 g/mol. The molecule has 66 valence electrons. The summed E-state index contributed by atoms with van der Waals surface area (Å²) in [5.74, 6) is 0. The second-order valence-corrected chi connectivity index (χ2v) is 4.51. The van der Waals surface area contributed by atoms with Gasteiger partial charge in [-0.1, -0.05) is 18.2 Å². The van der Waals surface area contributed by atoms with Gasteiger partial charge in [-0.15, -0.1) is 0 Å². The summed E-state index contributed by atoms with van der Waals surface area (Å²) < 4.78 is 4.20. The average Bonchev–Trinajstić information content (AvgIpc) is 2.53. The maximum atomic E-state index is 4.28. The second kappa shape index (κ2) is 3.89. The number of hydrogen-bond acceptors (Lipinski definition) is 4. The van der Waals surface area contributed by atoms with E-state index in [1.165, 1.54) is 16.4 Å². The van der Waals surface area contributed by atoms with E-state index in [0.29, 0.717) is 0 Å². The number of hydrogen-bond donors (Lipinski definition) is 0. The third kappa shape index (κ3) is 2.29. The quantitative estimate of drug-likeness (QED) is 0.758. The molecule has 0 radical (unpaired) electrons. The minimum absolute atomic E-state index is 0.841. The summed E-state index contributed by atoms with van der Waals surface area (Å²) in [7, 11) is 0. The molecule has 0 spiro atoms. The van der Waals surface area contributed by atoms with E-state index in [2.05, 4.69) is 21.5 Å². The minimum Gasteiger partial charge on any atom is -0.214 e. The third-order valence-corrected chi connectivity index (χ3v) is 3.07. The Morgan fingerprint density at radius 1 is 1.23 bits per heavy atom. The van der Waals surface area contributed by atoms with E-state index in [4.69, 9.17) is 0 Å². The third-order valence-electron chi connectivity index (χ3n) is 1.46. The van der Waals surface area contributed by atoms with Crippen LogP contribution >= 0.6 is 23.3 Å². The lowest BCUT2D eigenvalue weighted by Crippen LogP contribution is -1.75. The number of aromatic nitrogens is 2. The molecule has 4 heteroatoms. The van der Waals surface area contributed by atoms with E-state index < -0.39 is 0 Å². The van der Waals surface area contributed by atoms with Crippen molar-refractivity contribution >= 4 is 23.3 Å². The highest BCUT2D eigenvalue weighted by atomic mass is 32.2. The highest BCUT2D eigenvalue weighted by Crippen LogP contribution is 2.25. The van der Waals surface area contributed by atoms with Gasteiger partial charge in [0.2, 0.25) is 5.16 Å². The molecule has 1 aromatic carbocycles. The molecule has 0 aliphatic heterocycles. The van der Waals surface area contributed by atoms with E-state index in [9.17, 15) is 0 Å². The topological polar surface area (TPSA) is 25.8 Å². The first-order valence-electron chi connectivity index (χ1n) is 3.88. The van der Waals surface area contributed by atoms with Crippen LogP contribution in [0.1, 0.15) is 5.01 Å². The molecule has 0 saturated carbocycles. The summed E-state index contributed by atoms with van der Waals surface area (Å²) >= 11 is 3.04. The van der Waals surface area contributed by atoms with Crippen molar-refractivity contribution in [2.45, 2.75) is 17.0 Å². The molecule has 2 aromatic rings. The van der Waals surface area contributed by atoms with Crippen LogP contribution in [-0.2, 0) is 0 Å². The molecule has 0 unspecified atom stereocenters. The predicted octanol–water partition coefficient (Wildman–Crippen LogP) is 3.00. The van der Waals surface area contributed by atoms with Crippen LogP contribution in [0.5, 0.6) is 0 Å². The molecule has 0 aliphatic rings. The van der Waals surface area contributed by atoms with Gasteiger partial charge in [0.1, 0.15) is 5.01 Å². The van der Waals surface area contributed by atoms with Crippen molar-refractivity contribution in [3.8, 4) is 0 Å². The fourth-order valence-electron chi connectivity index (χ4n) is 0.916.